The number of ether oxygens (including phenoxy) is 1. The third kappa shape index (κ3) is 2.69. The maximum absolute atomic E-state index is 10.9. The van der Waals surface area contributed by atoms with Crippen molar-refractivity contribution in [3.05, 3.63) is 46.1 Å². The Labute approximate surface area is 120 Å². The average Bonchev–Trinajstić information content (AvgIpc) is 2.87. The molecule has 1 aliphatic rings. The summed E-state index contributed by atoms with van der Waals surface area (Å²) in [6.45, 7) is 0.395. The van der Waals surface area contributed by atoms with Gasteiger partial charge in [-0.25, -0.2) is 4.98 Å². The molecule has 0 saturated heterocycles. The molecular formula is C13H13N5O3. The van der Waals surface area contributed by atoms with Crippen molar-refractivity contribution in [2.45, 2.75) is 12.5 Å². The summed E-state index contributed by atoms with van der Waals surface area (Å²) in [5, 5.41) is 13.8. The van der Waals surface area contributed by atoms with Crippen LogP contribution in [0, 0.1) is 10.1 Å². The van der Waals surface area contributed by atoms with Gasteiger partial charge in [-0.1, -0.05) is 18.2 Å². The molecule has 1 aliphatic heterocycles. The summed E-state index contributed by atoms with van der Waals surface area (Å²) in [5.74, 6) is 0.937. The van der Waals surface area contributed by atoms with E-state index in [1.165, 1.54) is 0 Å². The third-order valence-corrected chi connectivity index (χ3v) is 3.20. The van der Waals surface area contributed by atoms with Gasteiger partial charge < -0.3 is 15.8 Å². The fourth-order valence-corrected chi connectivity index (χ4v) is 2.23. The first-order valence-corrected chi connectivity index (χ1v) is 6.39. The van der Waals surface area contributed by atoms with E-state index in [2.05, 4.69) is 15.3 Å². The van der Waals surface area contributed by atoms with Crippen molar-refractivity contribution in [2.75, 3.05) is 17.6 Å². The van der Waals surface area contributed by atoms with Crippen molar-refractivity contribution >= 4 is 17.5 Å². The van der Waals surface area contributed by atoms with Gasteiger partial charge >= 0.3 is 5.69 Å². The molecule has 0 amide bonds. The van der Waals surface area contributed by atoms with Crippen molar-refractivity contribution in [3.63, 3.8) is 0 Å². The number of nitrogens with zero attached hydrogens (tertiary/aromatic N) is 3. The zero-order valence-electron chi connectivity index (χ0n) is 11.0. The molecule has 0 spiro atoms. The molecule has 3 N–H and O–H groups in total. The van der Waals surface area contributed by atoms with Gasteiger partial charge in [-0.3, -0.25) is 10.1 Å². The molecule has 0 radical (unpaired) electrons. The standard InChI is InChI=1S/C13H13N5O3/c14-13-16-7-10(18(19)20)12(17-13)15-6-9-5-8-3-1-2-4-11(8)21-9/h1-4,7,9H,5-6H2,(H3,14,15,16,17). The second kappa shape index (κ2) is 5.23. The molecule has 8 nitrogen and oxygen atoms in total. The van der Waals surface area contributed by atoms with E-state index in [1.54, 1.807) is 0 Å². The Morgan fingerprint density at radius 3 is 3.05 bits per heavy atom. The largest absolute Gasteiger partial charge is 0.488 e. The molecule has 0 aliphatic carbocycles. The van der Waals surface area contributed by atoms with Gasteiger partial charge in [0, 0.05) is 6.42 Å². The minimum Gasteiger partial charge on any atom is -0.488 e. The molecule has 0 fully saturated rings. The van der Waals surface area contributed by atoms with Crippen molar-refractivity contribution < 1.29 is 9.66 Å². The number of benzene rings is 1. The van der Waals surface area contributed by atoms with Crippen molar-refractivity contribution in [3.8, 4) is 5.75 Å². The minimum atomic E-state index is -0.550. The fraction of sp³-hybridized carbons (Fsp3) is 0.231. The molecule has 1 aromatic heterocycles. The second-order valence-electron chi connectivity index (χ2n) is 4.65. The van der Waals surface area contributed by atoms with Gasteiger partial charge in [-0.2, -0.15) is 4.98 Å². The second-order valence-corrected chi connectivity index (χ2v) is 4.65. The SMILES string of the molecule is Nc1ncc([N+](=O)[O-])c(NCC2Cc3ccccc3O2)n1. The van der Waals surface area contributed by atoms with Gasteiger partial charge in [-0.15, -0.1) is 0 Å². The molecule has 1 unspecified atom stereocenters. The van der Waals surface area contributed by atoms with Crippen LogP contribution in [-0.4, -0.2) is 27.5 Å². The van der Waals surface area contributed by atoms with Crippen molar-refractivity contribution in [1.82, 2.24) is 9.97 Å². The molecule has 108 valence electrons. The van der Waals surface area contributed by atoms with Gasteiger partial charge in [0.2, 0.25) is 11.8 Å². The summed E-state index contributed by atoms with van der Waals surface area (Å²) in [5.41, 5.74) is 6.38. The van der Waals surface area contributed by atoms with Crippen LogP contribution in [0.4, 0.5) is 17.5 Å². The van der Waals surface area contributed by atoms with Crippen LogP contribution in [-0.2, 0) is 6.42 Å². The summed E-state index contributed by atoms with van der Waals surface area (Å²) in [7, 11) is 0. The lowest BCUT2D eigenvalue weighted by Gasteiger charge is -2.12. The first kappa shape index (κ1) is 13.1. The number of anilines is 2. The topological polar surface area (TPSA) is 116 Å². The Balaban J connectivity index is 1.69. The molecule has 1 aromatic carbocycles. The van der Waals surface area contributed by atoms with Crippen LogP contribution in [0.5, 0.6) is 5.75 Å². The van der Waals surface area contributed by atoms with E-state index in [0.717, 1.165) is 23.9 Å². The van der Waals surface area contributed by atoms with Crippen LogP contribution in [0.3, 0.4) is 0 Å². The smallest absolute Gasteiger partial charge is 0.329 e. The number of hydrogen-bond acceptors (Lipinski definition) is 7. The van der Waals surface area contributed by atoms with Crippen molar-refractivity contribution in [1.29, 1.82) is 0 Å². The maximum atomic E-state index is 10.9. The van der Waals surface area contributed by atoms with E-state index in [-0.39, 0.29) is 23.6 Å². The molecule has 2 heterocycles. The molecular weight excluding hydrogens is 274 g/mol. The van der Waals surface area contributed by atoms with Gasteiger partial charge in [-0.05, 0) is 11.6 Å². The normalized spacial score (nSPS) is 16.1. The number of nitrogens with two attached hydrogens (primary N) is 1. The van der Waals surface area contributed by atoms with E-state index >= 15 is 0 Å². The molecule has 21 heavy (non-hydrogen) atoms. The lowest BCUT2D eigenvalue weighted by Crippen LogP contribution is -2.24. The zero-order valence-corrected chi connectivity index (χ0v) is 11.0. The molecule has 1 atom stereocenters. The van der Waals surface area contributed by atoms with Gasteiger partial charge in [0.25, 0.3) is 0 Å². The van der Waals surface area contributed by atoms with Crippen LogP contribution in [0.1, 0.15) is 5.56 Å². The van der Waals surface area contributed by atoms with Gasteiger partial charge in [0.15, 0.2) is 0 Å². The number of aromatic nitrogens is 2. The maximum Gasteiger partial charge on any atom is 0.329 e. The number of nitro groups is 1. The predicted octanol–water partition coefficient (Wildman–Crippen LogP) is 1.38. The third-order valence-electron chi connectivity index (χ3n) is 3.20. The number of hydrogen-bond donors (Lipinski definition) is 2. The highest BCUT2D eigenvalue weighted by Gasteiger charge is 2.24. The highest BCUT2D eigenvalue weighted by atomic mass is 16.6. The highest BCUT2D eigenvalue weighted by Crippen LogP contribution is 2.29. The number of fused-ring (bicyclic) bond motifs is 1. The molecule has 0 saturated carbocycles. The monoisotopic (exact) mass is 287 g/mol. The summed E-state index contributed by atoms with van der Waals surface area (Å²) in [6, 6.07) is 7.76. The minimum absolute atomic E-state index is 0.0151. The Bertz CT molecular complexity index is 666. The summed E-state index contributed by atoms with van der Waals surface area (Å²) in [4.78, 5) is 17.9. The molecule has 3 rings (SSSR count). The van der Waals surface area contributed by atoms with Gasteiger partial charge in [0.1, 0.15) is 18.1 Å². The van der Waals surface area contributed by atoms with Crippen LogP contribution in [0.15, 0.2) is 30.5 Å². The van der Waals surface area contributed by atoms with Crippen LogP contribution >= 0.6 is 0 Å². The van der Waals surface area contributed by atoms with E-state index in [9.17, 15) is 10.1 Å². The first-order valence-electron chi connectivity index (χ1n) is 6.39. The van der Waals surface area contributed by atoms with Crippen LogP contribution in [0.2, 0.25) is 0 Å². The molecule has 8 heteroatoms. The summed E-state index contributed by atoms with van der Waals surface area (Å²) >= 11 is 0. The summed E-state index contributed by atoms with van der Waals surface area (Å²) in [6.07, 6.45) is 1.74. The van der Waals surface area contributed by atoms with Gasteiger partial charge in [0.05, 0.1) is 11.5 Å². The first-order chi connectivity index (χ1) is 10.1. The Hall–Kier alpha value is -2.90. The van der Waals surface area contributed by atoms with E-state index in [0.29, 0.717) is 6.54 Å². The lowest BCUT2D eigenvalue weighted by atomic mass is 10.1. The average molecular weight is 287 g/mol. The highest BCUT2D eigenvalue weighted by molar-refractivity contribution is 5.56. The molecule has 0 bridgehead atoms. The number of nitrogen functional groups attached to an aromatic ring is 1. The van der Waals surface area contributed by atoms with E-state index < -0.39 is 4.92 Å². The Morgan fingerprint density at radius 1 is 1.48 bits per heavy atom. The Morgan fingerprint density at radius 2 is 2.29 bits per heavy atom. The van der Waals surface area contributed by atoms with E-state index in [1.807, 2.05) is 24.3 Å². The van der Waals surface area contributed by atoms with Crippen molar-refractivity contribution in [2.24, 2.45) is 0 Å². The quantitative estimate of drug-likeness (QED) is 0.644. The Kier molecular flexibility index (Phi) is 3.27. The number of rotatable bonds is 4. The lowest BCUT2D eigenvalue weighted by molar-refractivity contribution is -0.384. The van der Waals surface area contributed by atoms with E-state index in [4.69, 9.17) is 10.5 Å². The zero-order chi connectivity index (χ0) is 14.8. The number of para-hydroxylation sites is 1. The summed E-state index contributed by atoms with van der Waals surface area (Å²) < 4.78 is 5.75. The number of nitrogens with one attached hydrogen (secondary N) is 1. The van der Waals surface area contributed by atoms with Crippen LogP contribution in [0.25, 0.3) is 0 Å². The fourth-order valence-electron chi connectivity index (χ4n) is 2.23. The molecule has 2 aromatic rings. The van der Waals surface area contributed by atoms with Crippen LogP contribution < -0.4 is 15.8 Å². The predicted molar refractivity (Wildman–Crippen MR) is 76.2 cm³/mol.